The van der Waals surface area contributed by atoms with Crippen LogP contribution in [0.2, 0.25) is 0 Å². The van der Waals surface area contributed by atoms with E-state index in [9.17, 15) is 47.9 Å². The lowest BCUT2D eigenvalue weighted by Gasteiger charge is -2.32. The highest BCUT2D eigenvalue weighted by molar-refractivity contribution is 9.10. The van der Waals surface area contributed by atoms with Crippen LogP contribution in [0.4, 0.5) is 39.5 Å². The molecule has 6 nitrogen and oxygen atoms in total. The molecule has 0 bridgehead atoms. The van der Waals surface area contributed by atoms with E-state index in [1.807, 2.05) is 0 Å². The number of rotatable bonds is 6. The van der Waals surface area contributed by atoms with Crippen LogP contribution < -0.4 is 0 Å². The van der Waals surface area contributed by atoms with Gasteiger partial charge in [0.15, 0.2) is 15.7 Å². The molecule has 174 valence electrons. The summed E-state index contributed by atoms with van der Waals surface area (Å²) in [7, 11) is -3.54. The Morgan fingerprint density at radius 2 is 1.55 bits per heavy atom. The second-order valence-corrected chi connectivity index (χ2v) is 9.19. The zero-order chi connectivity index (χ0) is 24.2. The van der Waals surface area contributed by atoms with Gasteiger partial charge in [0.1, 0.15) is 5.69 Å². The van der Waals surface area contributed by atoms with Gasteiger partial charge in [0, 0.05) is 17.7 Å². The van der Waals surface area contributed by atoms with E-state index in [1.165, 1.54) is 6.92 Å². The molecule has 0 unspecified atom stereocenters. The van der Waals surface area contributed by atoms with Gasteiger partial charge in [-0.25, -0.2) is 8.42 Å². The molecule has 0 aliphatic heterocycles. The van der Waals surface area contributed by atoms with Gasteiger partial charge in [-0.15, -0.1) is 10.2 Å². The number of sulfone groups is 1. The van der Waals surface area contributed by atoms with Gasteiger partial charge in [0.05, 0.1) is 10.6 Å². The van der Waals surface area contributed by atoms with Crippen LogP contribution >= 0.6 is 15.9 Å². The van der Waals surface area contributed by atoms with Crippen LogP contribution in [0.25, 0.3) is 11.5 Å². The van der Waals surface area contributed by atoms with Crippen molar-refractivity contribution in [2.24, 2.45) is 7.05 Å². The zero-order valence-corrected chi connectivity index (χ0v) is 17.6. The quantitative estimate of drug-likeness (QED) is 0.501. The average molecular weight is 549 g/mol. The molecule has 0 fully saturated rings. The topological polar surface area (TPSA) is 77.7 Å². The van der Waals surface area contributed by atoms with E-state index in [0.717, 1.165) is 12.3 Å². The normalized spacial score (nSPS) is 14.2. The van der Waals surface area contributed by atoms with Gasteiger partial charge in [-0.05, 0) is 22.0 Å². The molecule has 0 aromatic carbocycles. The molecule has 2 heterocycles. The molecule has 0 aliphatic carbocycles. The fourth-order valence-electron chi connectivity index (χ4n) is 2.31. The lowest BCUT2D eigenvalue weighted by Crippen LogP contribution is -2.60. The number of nitrogens with zero attached hydrogens (tertiary/aromatic N) is 4. The van der Waals surface area contributed by atoms with Gasteiger partial charge >= 0.3 is 23.9 Å². The molecular formula is C14H10BrF9N4O2S. The Balaban J connectivity index is 2.72. The maximum Gasteiger partial charge on any atom is 0.460 e. The monoisotopic (exact) mass is 548 g/mol. The molecule has 31 heavy (non-hydrogen) atoms. The van der Waals surface area contributed by atoms with Gasteiger partial charge in [-0.2, -0.15) is 39.5 Å². The first kappa shape index (κ1) is 25.4. The Kier molecular flexibility index (Phi) is 6.21. The minimum atomic E-state index is -7.12. The highest BCUT2D eigenvalue weighted by Crippen LogP contribution is 2.56. The Bertz CT molecular complexity index is 1100. The van der Waals surface area contributed by atoms with E-state index in [-0.39, 0.29) is 9.04 Å². The van der Waals surface area contributed by atoms with Gasteiger partial charge < -0.3 is 4.57 Å². The second-order valence-electron chi connectivity index (χ2n) is 6.03. The highest BCUT2D eigenvalue weighted by atomic mass is 79.9. The fourth-order valence-corrected chi connectivity index (χ4v) is 3.84. The SMILES string of the molecule is CCS(=O)(=O)c1cc(Br)cnc1-c1nnc(C(F)(F)C(F)(F)C(F)(F)C(F)(F)F)n1C. The molecule has 2 rings (SSSR count). The smallest absolute Gasteiger partial charge is 0.307 e. The first-order valence-corrected chi connectivity index (χ1v) is 10.3. The zero-order valence-electron chi connectivity index (χ0n) is 15.2. The van der Waals surface area contributed by atoms with E-state index in [1.54, 1.807) is 0 Å². The highest BCUT2D eigenvalue weighted by Gasteiger charge is 2.83. The summed E-state index contributed by atoms with van der Waals surface area (Å²) in [6.07, 6.45) is -6.01. The number of hydrogen-bond acceptors (Lipinski definition) is 5. The molecule has 0 aliphatic rings. The molecule has 2 aromatic heterocycles. The van der Waals surface area contributed by atoms with Crippen LogP contribution in [-0.4, -0.2) is 51.9 Å². The third-order valence-electron chi connectivity index (χ3n) is 4.05. The summed E-state index contributed by atoms with van der Waals surface area (Å²) in [6, 6.07) is 0.986. The summed E-state index contributed by atoms with van der Waals surface area (Å²) in [4.78, 5) is 3.06. The van der Waals surface area contributed by atoms with Crippen LogP contribution in [0.5, 0.6) is 0 Å². The Labute approximate surface area is 176 Å². The first-order valence-electron chi connectivity index (χ1n) is 7.81. The van der Waals surface area contributed by atoms with Crippen molar-refractivity contribution in [2.45, 2.75) is 35.8 Å². The van der Waals surface area contributed by atoms with Crippen LogP contribution in [-0.2, 0) is 22.8 Å². The van der Waals surface area contributed by atoms with E-state index in [4.69, 9.17) is 0 Å². The summed E-state index contributed by atoms with van der Waals surface area (Å²) in [6.45, 7) is 1.22. The van der Waals surface area contributed by atoms with Crippen LogP contribution in [0.15, 0.2) is 21.6 Å². The molecular weight excluding hydrogens is 539 g/mol. The molecule has 0 N–H and O–H groups in total. The summed E-state index contributed by atoms with van der Waals surface area (Å²) in [5, 5.41) is 5.71. The minimum Gasteiger partial charge on any atom is -0.307 e. The fraction of sp³-hybridized carbons (Fsp3) is 0.500. The van der Waals surface area contributed by atoms with Crippen molar-refractivity contribution in [3.63, 3.8) is 0 Å². The molecule has 0 spiro atoms. The minimum absolute atomic E-state index is 0.0364. The molecule has 0 atom stereocenters. The number of alkyl halides is 9. The van der Waals surface area contributed by atoms with E-state index in [0.29, 0.717) is 7.05 Å². The summed E-state index contributed by atoms with van der Waals surface area (Å²) in [5.74, 6) is -23.9. The van der Waals surface area contributed by atoms with Crippen molar-refractivity contribution >= 4 is 25.8 Å². The van der Waals surface area contributed by atoms with Crippen LogP contribution in [0.1, 0.15) is 12.7 Å². The van der Waals surface area contributed by atoms with E-state index >= 15 is 0 Å². The number of aromatic nitrogens is 4. The lowest BCUT2D eigenvalue weighted by molar-refractivity contribution is -0.401. The lowest BCUT2D eigenvalue weighted by atomic mass is 10.0. The maximum absolute atomic E-state index is 14.2. The van der Waals surface area contributed by atoms with Gasteiger partial charge in [-0.1, -0.05) is 6.92 Å². The molecule has 0 saturated heterocycles. The Hall–Kier alpha value is -1.91. The van der Waals surface area contributed by atoms with Crippen molar-refractivity contribution in [1.82, 2.24) is 19.7 Å². The van der Waals surface area contributed by atoms with Crippen molar-refractivity contribution in [2.75, 3.05) is 5.75 Å². The Morgan fingerprint density at radius 3 is 2.03 bits per heavy atom. The predicted molar refractivity (Wildman–Crippen MR) is 89.5 cm³/mol. The van der Waals surface area contributed by atoms with Crippen LogP contribution in [0, 0.1) is 0 Å². The summed E-state index contributed by atoms with van der Waals surface area (Å²) >= 11 is 2.93. The van der Waals surface area contributed by atoms with E-state index in [2.05, 4.69) is 31.1 Å². The van der Waals surface area contributed by atoms with Crippen molar-refractivity contribution < 1.29 is 47.9 Å². The van der Waals surface area contributed by atoms with E-state index < -0.39 is 61.8 Å². The summed E-state index contributed by atoms with van der Waals surface area (Å²) in [5.41, 5.74) is -0.659. The first-order chi connectivity index (χ1) is 13.8. The van der Waals surface area contributed by atoms with Crippen molar-refractivity contribution in [3.8, 4) is 11.5 Å². The molecule has 0 radical (unpaired) electrons. The third-order valence-corrected chi connectivity index (χ3v) is 6.22. The molecule has 17 heteroatoms. The van der Waals surface area contributed by atoms with Gasteiger partial charge in [-0.3, -0.25) is 4.98 Å². The Morgan fingerprint density at radius 1 is 1.00 bits per heavy atom. The third kappa shape index (κ3) is 3.89. The molecule has 0 saturated carbocycles. The van der Waals surface area contributed by atoms with Crippen molar-refractivity contribution in [1.29, 1.82) is 0 Å². The number of pyridine rings is 1. The molecule has 0 amide bonds. The van der Waals surface area contributed by atoms with Crippen molar-refractivity contribution in [3.05, 3.63) is 22.6 Å². The average Bonchev–Trinajstić information content (AvgIpc) is 3.02. The number of hydrogen-bond donors (Lipinski definition) is 0. The standard InChI is InChI=1S/C14H10BrF9N4O2S/c1-3-31(29,30)7-4-6(15)5-25-8(7)9-26-27-10(28(9)2)11(16,17)12(18,19)13(20,21)14(22,23)24/h4-5H,3H2,1-2H3. The maximum atomic E-state index is 14.2. The van der Waals surface area contributed by atoms with Crippen LogP contribution in [0.3, 0.4) is 0 Å². The molecule has 2 aromatic rings. The largest absolute Gasteiger partial charge is 0.460 e. The summed E-state index contributed by atoms with van der Waals surface area (Å²) < 4.78 is 144. The number of halogens is 10. The van der Waals surface area contributed by atoms with Gasteiger partial charge in [0.2, 0.25) is 5.82 Å². The second kappa shape index (κ2) is 7.60. The predicted octanol–water partition coefficient (Wildman–Crippen LogP) is 4.36. The van der Waals surface area contributed by atoms with Gasteiger partial charge in [0.25, 0.3) is 0 Å².